The smallest absolute Gasteiger partial charge is 0.257 e. The van der Waals surface area contributed by atoms with Gasteiger partial charge in [-0.1, -0.05) is 60.8 Å². The Morgan fingerprint density at radius 3 is 2.51 bits per heavy atom. The van der Waals surface area contributed by atoms with E-state index in [0.717, 1.165) is 42.2 Å². The van der Waals surface area contributed by atoms with Crippen LogP contribution in [0.5, 0.6) is 0 Å². The number of nitrogens with one attached hydrogen (secondary N) is 3. The molecule has 1 heterocycles. The molecule has 4 aromatic rings. The first-order chi connectivity index (χ1) is 18.0. The maximum Gasteiger partial charge on any atom is 0.257 e. The summed E-state index contributed by atoms with van der Waals surface area (Å²) in [6, 6.07) is 20.5. The van der Waals surface area contributed by atoms with Crippen LogP contribution in [-0.2, 0) is 11.3 Å². The second kappa shape index (κ2) is 11.0. The molecule has 0 saturated heterocycles. The number of carbonyl (C=O) groups is 2. The van der Waals surface area contributed by atoms with Crippen molar-refractivity contribution < 1.29 is 9.59 Å². The zero-order valence-corrected chi connectivity index (χ0v) is 21.3. The molecular weight excluding hydrogens is 486 g/mol. The topological polar surface area (TPSA) is 96.0 Å². The van der Waals surface area contributed by atoms with Crippen LogP contribution in [0.4, 0.5) is 11.5 Å². The number of carbonyl (C=O) groups excluding carboxylic acids is 2. The van der Waals surface area contributed by atoms with Gasteiger partial charge in [0.2, 0.25) is 5.91 Å². The molecule has 0 spiro atoms. The average Bonchev–Trinajstić information content (AvgIpc) is 3.47. The van der Waals surface area contributed by atoms with Crippen molar-refractivity contribution in [1.82, 2.24) is 15.3 Å². The van der Waals surface area contributed by atoms with E-state index in [1.54, 1.807) is 12.1 Å². The maximum atomic E-state index is 13.2. The van der Waals surface area contributed by atoms with Gasteiger partial charge in [0.25, 0.3) is 5.91 Å². The van der Waals surface area contributed by atoms with Gasteiger partial charge in [-0.15, -0.1) is 0 Å². The summed E-state index contributed by atoms with van der Waals surface area (Å²) in [5.74, 6) is 1.14. The van der Waals surface area contributed by atoms with Crippen molar-refractivity contribution in [3.63, 3.8) is 0 Å². The molecule has 0 unspecified atom stereocenters. The Bertz CT molecular complexity index is 1450. The van der Waals surface area contributed by atoms with Crippen molar-refractivity contribution in [2.24, 2.45) is 5.92 Å². The molecule has 5 rings (SSSR count). The van der Waals surface area contributed by atoms with E-state index in [2.05, 4.69) is 20.9 Å². The number of anilines is 2. The van der Waals surface area contributed by atoms with Gasteiger partial charge in [-0.25, -0.2) is 9.97 Å². The van der Waals surface area contributed by atoms with Crippen LogP contribution in [0, 0.1) is 5.92 Å². The van der Waals surface area contributed by atoms with Crippen LogP contribution in [0.25, 0.3) is 22.3 Å². The molecule has 1 aliphatic rings. The highest BCUT2D eigenvalue weighted by Crippen LogP contribution is 2.28. The summed E-state index contributed by atoms with van der Waals surface area (Å²) in [6.07, 6.45) is 4.10. The lowest BCUT2D eigenvalue weighted by Gasteiger charge is -2.13. The molecule has 1 fully saturated rings. The Hall–Kier alpha value is -3.97. The Morgan fingerprint density at radius 2 is 1.76 bits per heavy atom. The number of amides is 2. The fourth-order valence-electron chi connectivity index (χ4n) is 4.69. The molecule has 0 aliphatic heterocycles. The molecule has 188 valence electrons. The van der Waals surface area contributed by atoms with E-state index in [1.807, 2.05) is 61.6 Å². The predicted octanol–water partition coefficient (Wildman–Crippen LogP) is 6.05. The number of rotatable bonds is 7. The molecule has 8 heteroatoms. The van der Waals surface area contributed by atoms with E-state index in [4.69, 9.17) is 16.6 Å². The van der Waals surface area contributed by atoms with Crippen LogP contribution in [0.3, 0.4) is 0 Å². The molecule has 0 bridgehead atoms. The van der Waals surface area contributed by atoms with Crippen molar-refractivity contribution in [2.75, 3.05) is 17.7 Å². The molecule has 0 radical (unpaired) electrons. The number of hydrogen-bond donors (Lipinski definition) is 3. The summed E-state index contributed by atoms with van der Waals surface area (Å²) >= 11 is 6.37. The lowest BCUT2D eigenvalue weighted by atomic mass is 10.1. The Balaban J connectivity index is 1.35. The fourth-order valence-corrected chi connectivity index (χ4v) is 4.89. The van der Waals surface area contributed by atoms with E-state index in [1.165, 1.54) is 0 Å². The molecule has 3 aromatic carbocycles. The first kappa shape index (κ1) is 24.7. The van der Waals surface area contributed by atoms with Crippen LogP contribution in [0.15, 0.2) is 66.7 Å². The minimum absolute atomic E-state index is 0.0763. The normalized spacial score (nSPS) is 13.5. The van der Waals surface area contributed by atoms with Crippen LogP contribution in [0.1, 0.15) is 41.6 Å². The van der Waals surface area contributed by atoms with Crippen LogP contribution < -0.4 is 16.0 Å². The number of halogens is 1. The standard InChI is InChI=1S/C29H28ClN5O2/c1-31-27-22-13-12-21(16-25(22)34-26(35-27)19-7-3-2-4-8-19)33-29(37)23-15-18(11-14-24(23)30)17-32-28(36)20-9-5-6-10-20/h2-4,7-8,11-16,20H,5-6,9-10,17H2,1H3,(H,32,36)(H,33,37)(H,31,34,35). The van der Waals surface area contributed by atoms with Gasteiger partial charge < -0.3 is 16.0 Å². The molecule has 0 atom stereocenters. The zero-order valence-electron chi connectivity index (χ0n) is 20.6. The summed E-state index contributed by atoms with van der Waals surface area (Å²) < 4.78 is 0. The highest BCUT2D eigenvalue weighted by molar-refractivity contribution is 6.34. The average molecular weight is 514 g/mol. The van der Waals surface area contributed by atoms with E-state index in [0.29, 0.717) is 40.0 Å². The molecule has 1 saturated carbocycles. The van der Waals surface area contributed by atoms with Gasteiger partial charge in [-0.2, -0.15) is 0 Å². The number of fused-ring (bicyclic) bond motifs is 1. The van der Waals surface area contributed by atoms with Crippen LogP contribution >= 0.6 is 11.6 Å². The Morgan fingerprint density at radius 1 is 0.973 bits per heavy atom. The Labute approximate surface area is 220 Å². The van der Waals surface area contributed by atoms with Crippen molar-refractivity contribution in [1.29, 1.82) is 0 Å². The molecule has 2 amide bonds. The highest BCUT2D eigenvalue weighted by Gasteiger charge is 2.22. The Kier molecular flexibility index (Phi) is 7.32. The third-order valence-electron chi connectivity index (χ3n) is 6.69. The third-order valence-corrected chi connectivity index (χ3v) is 7.02. The van der Waals surface area contributed by atoms with Crippen LogP contribution in [0.2, 0.25) is 5.02 Å². The summed E-state index contributed by atoms with van der Waals surface area (Å²) in [4.78, 5) is 34.9. The predicted molar refractivity (Wildman–Crippen MR) is 148 cm³/mol. The van der Waals surface area contributed by atoms with E-state index >= 15 is 0 Å². The van der Waals surface area contributed by atoms with Crippen molar-refractivity contribution >= 4 is 45.8 Å². The summed E-state index contributed by atoms with van der Waals surface area (Å²) in [7, 11) is 1.82. The molecular formula is C29H28ClN5O2. The van der Waals surface area contributed by atoms with Gasteiger partial charge in [-0.05, 0) is 48.7 Å². The van der Waals surface area contributed by atoms with Gasteiger partial charge in [0.15, 0.2) is 5.82 Å². The van der Waals surface area contributed by atoms with E-state index < -0.39 is 0 Å². The largest absolute Gasteiger partial charge is 0.373 e. The molecule has 1 aliphatic carbocycles. The minimum Gasteiger partial charge on any atom is -0.373 e. The van der Waals surface area contributed by atoms with Gasteiger partial charge >= 0.3 is 0 Å². The van der Waals surface area contributed by atoms with Crippen molar-refractivity contribution in [3.8, 4) is 11.4 Å². The SMILES string of the molecule is CNc1nc(-c2ccccc2)nc2cc(NC(=O)c3cc(CNC(=O)C4CCCC4)ccc3Cl)ccc12. The van der Waals surface area contributed by atoms with Gasteiger partial charge in [0, 0.05) is 36.1 Å². The quantitative estimate of drug-likeness (QED) is 0.279. The number of aromatic nitrogens is 2. The van der Waals surface area contributed by atoms with E-state index in [9.17, 15) is 9.59 Å². The lowest BCUT2D eigenvalue weighted by molar-refractivity contribution is -0.124. The molecule has 3 N–H and O–H groups in total. The van der Waals surface area contributed by atoms with Gasteiger partial charge in [0.05, 0.1) is 16.1 Å². The third kappa shape index (κ3) is 5.57. The summed E-state index contributed by atoms with van der Waals surface area (Å²) in [5, 5.41) is 10.2. The first-order valence-corrected chi connectivity index (χ1v) is 12.8. The second-order valence-corrected chi connectivity index (χ2v) is 9.62. The number of hydrogen-bond acceptors (Lipinski definition) is 5. The summed E-state index contributed by atoms with van der Waals surface area (Å²) in [6.45, 7) is 0.356. The van der Waals surface area contributed by atoms with Crippen molar-refractivity contribution in [3.05, 3.63) is 82.9 Å². The van der Waals surface area contributed by atoms with Gasteiger partial charge in [0.1, 0.15) is 5.82 Å². The van der Waals surface area contributed by atoms with Crippen LogP contribution in [-0.4, -0.2) is 28.8 Å². The first-order valence-electron chi connectivity index (χ1n) is 12.4. The van der Waals surface area contributed by atoms with Crippen molar-refractivity contribution in [2.45, 2.75) is 32.2 Å². The zero-order chi connectivity index (χ0) is 25.8. The van der Waals surface area contributed by atoms with E-state index in [-0.39, 0.29) is 17.7 Å². The highest BCUT2D eigenvalue weighted by atomic mass is 35.5. The lowest BCUT2D eigenvalue weighted by Crippen LogP contribution is -2.28. The van der Waals surface area contributed by atoms with Gasteiger partial charge in [-0.3, -0.25) is 9.59 Å². The minimum atomic E-state index is -0.334. The maximum absolute atomic E-state index is 13.2. The number of nitrogens with zero attached hydrogens (tertiary/aromatic N) is 2. The fraction of sp³-hybridized carbons (Fsp3) is 0.241. The molecule has 37 heavy (non-hydrogen) atoms. The second-order valence-electron chi connectivity index (χ2n) is 9.21. The summed E-state index contributed by atoms with van der Waals surface area (Å²) in [5.41, 5.74) is 3.36. The molecule has 1 aromatic heterocycles. The number of benzene rings is 3. The molecule has 7 nitrogen and oxygen atoms in total. The monoisotopic (exact) mass is 513 g/mol.